The highest BCUT2D eigenvalue weighted by Crippen LogP contribution is 2.39. The number of hydrogen-bond acceptors (Lipinski definition) is 4. The van der Waals surface area contributed by atoms with Crippen molar-refractivity contribution in [1.29, 1.82) is 0 Å². The molecule has 5 nitrogen and oxygen atoms in total. The van der Waals surface area contributed by atoms with Crippen molar-refractivity contribution in [3.8, 4) is 0 Å². The fourth-order valence-electron chi connectivity index (χ4n) is 4.18. The third-order valence-electron chi connectivity index (χ3n) is 5.52. The number of amides is 1. The molecule has 0 unspecified atom stereocenters. The molecule has 1 fully saturated rings. The van der Waals surface area contributed by atoms with Crippen LogP contribution in [-0.2, 0) is 16.1 Å². The number of nitrogens with zero attached hydrogens (tertiary/aromatic N) is 2. The van der Waals surface area contributed by atoms with Crippen molar-refractivity contribution in [3.63, 3.8) is 0 Å². The predicted molar refractivity (Wildman–Crippen MR) is 115 cm³/mol. The summed E-state index contributed by atoms with van der Waals surface area (Å²) in [5.41, 5.74) is 2.24. The van der Waals surface area contributed by atoms with Gasteiger partial charge in [-0.05, 0) is 63.8 Å². The summed E-state index contributed by atoms with van der Waals surface area (Å²) in [6.07, 6.45) is 5.00. The monoisotopic (exact) mass is 461 g/mol. The Hall–Kier alpha value is -1.99. The van der Waals surface area contributed by atoms with E-state index in [0.29, 0.717) is 11.4 Å². The summed E-state index contributed by atoms with van der Waals surface area (Å²) in [5.74, 6) is 0.193. The second-order valence-corrected chi connectivity index (χ2v) is 8.95. The first kappa shape index (κ1) is 20.3. The van der Waals surface area contributed by atoms with Crippen LogP contribution in [0.15, 0.2) is 34.9 Å². The van der Waals surface area contributed by atoms with Crippen LogP contribution in [0.5, 0.6) is 0 Å². The van der Waals surface area contributed by atoms with Gasteiger partial charge in [-0.1, -0.05) is 15.9 Å². The average molecular weight is 462 g/mol. The molecule has 154 valence electrons. The first-order valence-electron chi connectivity index (χ1n) is 10.1. The van der Waals surface area contributed by atoms with E-state index in [9.17, 15) is 9.18 Å². The van der Waals surface area contributed by atoms with E-state index < -0.39 is 5.82 Å². The van der Waals surface area contributed by atoms with Crippen molar-refractivity contribution in [2.24, 2.45) is 5.92 Å². The zero-order chi connectivity index (χ0) is 20.5. The van der Waals surface area contributed by atoms with Gasteiger partial charge in [-0.15, -0.1) is 0 Å². The standard InChI is InChI=1S/C22H25BrFN3O2/c1-13(2)29-18-6-3-14(4-7-18)22(28)27-12-15-9-17(24)11-25-21(15)26-19-8-5-16(23)10-20(19)27/h5,8-11,13-14,18H,3-4,6-7,12H2,1-2H3,(H,25,26)/t14-,18-. The maximum atomic E-state index is 13.8. The van der Waals surface area contributed by atoms with Crippen LogP contribution in [0.2, 0.25) is 0 Å². The van der Waals surface area contributed by atoms with Gasteiger partial charge in [-0.3, -0.25) is 4.79 Å². The summed E-state index contributed by atoms with van der Waals surface area (Å²) in [6, 6.07) is 7.20. The molecule has 2 heterocycles. The Labute approximate surface area is 178 Å². The molecule has 29 heavy (non-hydrogen) atoms. The number of carbonyl (C=O) groups is 1. The molecular weight excluding hydrogens is 437 g/mol. The molecule has 0 saturated heterocycles. The van der Waals surface area contributed by atoms with Gasteiger partial charge in [0.1, 0.15) is 11.6 Å². The smallest absolute Gasteiger partial charge is 0.230 e. The Morgan fingerprint density at radius 1 is 1.28 bits per heavy atom. The lowest BCUT2D eigenvalue weighted by Gasteiger charge is -2.33. The molecule has 1 aromatic heterocycles. The molecule has 0 atom stereocenters. The molecule has 0 spiro atoms. The van der Waals surface area contributed by atoms with E-state index in [1.165, 1.54) is 12.3 Å². The highest BCUT2D eigenvalue weighted by Gasteiger charge is 2.33. The first-order valence-corrected chi connectivity index (χ1v) is 10.9. The van der Waals surface area contributed by atoms with E-state index in [4.69, 9.17) is 4.74 Å². The second kappa shape index (κ2) is 8.40. The van der Waals surface area contributed by atoms with Gasteiger partial charge in [0.2, 0.25) is 5.91 Å². The first-order chi connectivity index (χ1) is 13.9. The summed E-state index contributed by atoms with van der Waals surface area (Å²) >= 11 is 3.51. The number of hydrogen-bond donors (Lipinski definition) is 1. The molecule has 1 aliphatic heterocycles. The highest BCUT2D eigenvalue weighted by molar-refractivity contribution is 9.10. The van der Waals surface area contributed by atoms with Crippen molar-refractivity contribution in [2.45, 2.75) is 58.3 Å². The van der Waals surface area contributed by atoms with Gasteiger partial charge in [0.15, 0.2) is 0 Å². The van der Waals surface area contributed by atoms with Crippen molar-refractivity contribution in [1.82, 2.24) is 4.98 Å². The average Bonchev–Trinajstić information content (AvgIpc) is 2.84. The maximum absolute atomic E-state index is 13.8. The Morgan fingerprint density at radius 2 is 2.03 bits per heavy atom. The molecule has 0 bridgehead atoms. The zero-order valence-corrected chi connectivity index (χ0v) is 18.2. The van der Waals surface area contributed by atoms with Crippen LogP contribution < -0.4 is 10.2 Å². The van der Waals surface area contributed by atoms with E-state index in [0.717, 1.165) is 41.5 Å². The third kappa shape index (κ3) is 4.46. The largest absolute Gasteiger partial charge is 0.376 e. The molecule has 1 amide bonds. The van der Waals surface area contributed by atoms with Gasteiger partial charge in [0.25, 0.3) is 0 Å². The molecule has 1 aromatic carbocycles. The molecular formula is C22H25BrFN3O2. The van der Waals surface area contributed by atoms with Gasteiger partial charge < -0.3 is 15.0 Å². The summed E-state index contributed by atoms with van der Waals surface area (Å²) in [4.78, 5) is 19.5. The minimum atomic E-state index is -0.406. The van der Waals surface area contributed by atoms with Gasteiger partial charge in [0.05, 0.1) is 36.3 Å². The number of ether oxygens (including phenoxy) is 1. The Kier molecular flexibility index (Phi) is 5.88. The lowest BCUT2D eigenvalue weighted by molar-refractivity contribution is -0.124. The van der Waals surface area contributed by atoms with Crippen molar-refractivity contribution in [3.05, 3.63) is 46.3 Å². The van der Waals surface area contributed by atoms with Crippen LogP contribution >= 0.6 is 15.9 Å². The number of aromatic nitrogens is 1. The molecule has 0 radical (unpaired) electrons. The minimum Gasteiger partial charge on any atom is -0.376 e. The third-order valence-corrected chi connectivity index (χ3v) is 6.01. The van der Waals surface area contributed by atoms with E-state index >= 15 is 0 Å². The van der Waals surface area contributed by atoms with Crippen LogP contribution in [0.3, 0.4) is 0 Å². The van der Waals surface area contributed by atoms with E-state index in [1.807, 2.05) is 32.0 Å². The summed E-state index contributed by atoms with van der Waals surface area (Å²) in [7, 11) is 0. The zero-order valence-electron chi connectivity index (χ0n) is 16.6. The number of fused-ring (bicyclic) bond motifs is 2. The van der Waals surface area contributed by atoms with Crippen LogP contribution in [0.25, 0.3) is 0 Å². The molecule has 7 heteroatoms. The van der Waals surface area contributed by atoms with Crippen LogP contribution in [0.1, 0.15) is 45.1 Å². The minimum absolute atomic E-state index is 0.0584. The van der Waals surface area contributed by atoms with E-state index in [-0.39, 0.29) is 30.6 Å². The number of rotatable bonds is 3. The number of nitrogens with one attached hydrogen (secondary N) is 1. The van der Waals surface area contributed by atoms with Crippen molar-refractivity contribution >= 4 is 39.0 Å². The van der Waals surface area contributed by atoms with Gasteiger partial charge in [0, 0.05) is 16.0 Å². The highest BCUT2D eigenvalue weighted by atomic mass is 79.9. The van der Waals surface area contributed by atoms with Crippen molar-refractivity contribution < 1.29 is 13.9 Å². The van der Waals surface area contributed by atoms with E-state index in [2.05, 4.69) is 26.2 Å². The maximum Gasteiger partial charge on any atom is 0.230 e. The second-order valence-electron chi connectivity index (χ2n) is 8.03. The Balaban J connectivity index is 1.61. The quantitative estimate of drug-likeness (QED) is 0.649. The SMILES string of the molecule is CC(C)O[C@H]1CC[C@H](C(=O)N2Cc3cc(F)cnc3Nc3ccc(Br)cc32)CC1. The van der Waals surface area contributed by atoms with Gasteiger partial charge in [-0.25, -0.2) is 9.37 Å². The topological polar surface area (TPSA) is 54.5 Å². The lowest BCUT2D eigenvalue weighted by atomic mass is 9.86. The number of carbonyl (C=O) groups excluding carboxylic acids is 1. The lowest BCUT2D eigenvalue weighted by Crippen LogP contribution is -2.38. The fraction of sp³-hybridized carbons (Fsp3) is 0.455. The summed E-state index contributed by atoms with van der Waals surface area (Å²) < 4.78 is 20.6. The van der Waals surface area contributed by atoms with Gasteiger partial charge >= 0.3 is 0 Å². The Bertz CT molecular complexity index is 913. The normalized spacial score (nSPS) is 21.2. The Morgan fingerprint density at radius 3 is 2.76 bits per heavy atom. The number of halogens is 2. The molecule has 1 N–H and O–H groups in total. The number of anilines is 3. The molecule has 4 rings (SSSR count). The van der Waals surface area contributed by atoms with Crippen LogP contribution in [0, 0.1) is 11.7 Å². The summed E-state index contributed by atoms with van der Waals surface area (Å²) in [5, 5.41) is 3.26. The van der Waals surface area contributed by atoms with Crippen LogP contribution in [-0.4, -0.2) is 23.1 Å². The molecule has 1 saturated carbocycles. The predicted octanol–water partition coefficient (Wildman–Crippen LogP) is 5.56. The molecule has 2 aromatic rings. The van der Waals surface area contributed by atoms with Crippen LogP contribution in [0.4, 0.5) is 21.6 Å². The fourth-order valence-corrected chi connectivity index (χ4v) is 4.53. The number of benzene rings is 1. The molecule has 2 aliphatic rings. The molecule has 1 aliphatic carbocycles. The van der Waals surface area contributed by atoms with Crippen molar-refractivity contribution in [2.75, 3.05) is 10.2 Å². The summed E-state index contributed by atoms with van der Waals surface area (Å²) in [6.45, 7) is 4.37. The van der Waals surface area contributed by atoms with Gasteiger partial charge in [-0.2, -0.15) is 0 Å². The van der Waals surface area contributed by atoms with E-state index in [1.54, 1.807) is 4.90 Å². The number of pyridine rings is 1.